The van der Waals surface area contributed by atoms with Gasteiger partial charge in [0.2, 0.25) is 0 Å². The van der Waals surface area contributed by atoms with Crippen LogP contribution in [0.15, 0.2) is 18.6 Å². The Morgan fingerprint density at radius 3 is 2.81 bits per heavy atom. The topological polar surface area (TPSA) is 66.3 Å². The predicted octanol–water partition coefficient (Wildman–Crippen LogP) is 1.16. The molecule has 1 aromatic rings. The summed E-state index contributed by atoms with van der Waals surface area (Å²) in [5, 5.41) is 8.66. The Hall–Kier alpha value is -1.49. The first-order valence-corrected chi connectivity index (χ1v) is 5.30. The van der Waals surface area contributed by atoms with Crippen molar-refractivity contribution in [2.24, 2.45) is 0 Å². The summed E-state index contributed by atoms with van der Waals surface area (Å²) in [6, 6.07) is 2.14. The minimum atomic E-state index is -0.770. The Labute approximate surface area is 95.1 Å². The van der Waals surface area contributed by atoms with Gasteiger partial charge in [-0.2, -0.15) is 0 Å². The normalized spacial score (nSPS) is 11.0. The molecule has 0 bridgehead atoms. The molecule has 0 saturated carbocycles. The molecular formula is C11H17N3O2. The first-order chi connectivity index (χ1) is 7.59. The van der Waals surface area contributed by atoms with Crippen LogP contribution >= 0.6 is 0 Å². The molecule has 88 valence electrons. The predicted molar refractivity (Wildman–Crippen MR) is 59.8 cm³/mol. The molecule has 0 unspecified atom stereocenters. The van der Waals surface area contributed by atoms with Gasteiger partial charge in [0.05, 0.1) is 12.1 Å². The van der Waals surface area contributed by atoms with Crippen LogP contribution in [0.3, 0.4) is 0 Å². The number of carboxylic acid groups (broad SMARTS) is 1. The van der Waals surface area contributed by atoms with Crippen LogP contribution < -0.4 is 0 Å². The zero-order valence-corrected chi connectivity index (χ0v) is 9.63. The summed E-state index contributed by atoms with van der Waals surface area (Å²) in [4.78, 5) is 20.6. The van der Waals surface area contributed by atoms with Gasteiger partial charge in [-0.15, -0.1) is 0 Å². The number of aromatic nitrogens is 2. The van der Waals surface area contributed by atoms with Gasteiger partial charge in [-0.3, -0.25) is 9.69 Å². The minimum absolute atomic E-state index is 0.156. The van der Waals surface area contributed by atoms with E-state index in [9.17, 15) is 4.79 Å². The second-order valence-electron chi connectivity index (χ2n) is 3.91. The smallest absolute Gasteiger partial charge is 0.304 e. The summed E-state index contributed by atoms with van der Waals surface area (Å²) in [5.74, 6) is -0.770. The molecule has 0 atom stereocenters. The van der Waals surface area contributed by atoms with Crippen LogP contribution in [0, 0.1) is 0 Å². The van der Waals surface area contributed by atoms with Crippen molar-refractivity contribution < 1.29 is 9.90 Å². The third-order valence-corrected chi connectivity index (χ3v) is 2.35. The van der Waals surface area contributed by atoms with Crippen molar-refractivity contribution in [2.75, 3.05) is 6.54 Å². The summed E-state index contributed by atoms with van der Waals surface area (Å²) < 4.78 is 0. The summed E-state index contributed by atoms with van der Waals surface area (Å²) in [5.41, 5.74) is 0.911. The van der Waals surface area contributed by atoms with E-state index in [1.807, 2.05) is 19.9 Å². The lowest BCUT2D eigenvalue weighted by molar-refractivity contribution is -0.137. The number of hydrogen-bond acceptors (Lipinski definition) is 4. The van der Waals surface area contributed by atoms with Gasteiger partial charge in [-0.05, 0) is 19.9 Å². The lowest BCUT2D eigenvalue weighted by Gasteiger charge is -2.25. The van der Waals surface area contributed by atoms with Gasteiger partial charge >= 0.3 is 5.97 Å². The van der Waals surface area contributed by atoms with Crippen LogP contribution in [0.5, 0.6) is 0 Å². The SMILES string of the molecule is CC(C)N(CCC(=O)O)Cc1ccncn1. The van der Waals surface area contributed by atoms with Crippen molar-refractivity contribution in [1.29, 1.82) is 0 Å². The van der Waals surface area contributed by atoms with E-state index in [2.05, 4.69) is 14.9 Å². The van der Waals surface area contributed by atoms with Crippen molar-refractivity contribution in [2.45, 2.75) is 32.9 Å². The summed E-state index contributed by atoms with van der Waals surface area (Å²) in [6.45, 7) is 5.29. The Morgan fingerprint density at radius 2 is 2.31 bits per heavy atom. The van der Waals surface area contributed by atoms with E-state index in [0.717, 1.165) is 5.69 Å². The van der Waals surface area contributed by atoms with Gasteiger partial charge in [0.1, 0.15) is 6.33 Å². The zero-order chi connectivity index (χ0) is 12.0. The van der Waals surface area contributed by atoms with Crippen LogP contribution in [0.25, 0.3) is 0 Å². The van der Waals surface area contributed by atoms with Gasteiger partial charge in [0, 0.05) is 25.3 Å². The molecule has 0 aromatic carbocycles. The molecule has 0 fully saturated rings. The highest BCUT2D eigenvalue weighted by molar-refractivity contribution is 5.66. The molecule has 16 heavy (non-hydrogen) atoms. The fourth-order valence-electron chi connectivity index (χ4n) is 1.38. The monoisotopic (exact) mass is 223 g/mol. The van der Waals surface area contributed by atoms with Gasteiger partial charge in [-0.1, -0.05) is 0 Å². The van der Waals surface area contributed by atoms with Crippen LogP contribution in [-0.4, -0.2) is 38.5 Å². The molecular weight excluding hydrogens is 206 g/mol. The second kappa shape index (κ2) is 6.17. The molecule has 1 heterocycles. The fraction of sp³-hybridized carbons (Fsp3) is 0.545. The number of carboxylic acids is 1. The molecule has 5 heteroatoms. The van der Waals surface area contributed by atoms with E-state index in [4.69, 9.17) is 5.11 Å². The van der Waals surface area contributed by atoms with E-state index in [1.165, 1.54) is 6.33 Å². The van der Waals surface area contributed by atoms with Crippen molar-refractivity contribution in [3.05, 3.63) is 24.3 Å². The number of hydrogen-bond donors (Lipinski definition) is 1. The van der Waals surface area contributed by atoms with Gasteiger partial charge in [-0.25, -0.2) is 9.97 Å². The number of aliphatic carboxylic acids is 1. The first-order valence-electron chi connectivity index (χ1n) is 5.30. The molecule has 0 saturated heterocycles. The average Bonchev–Trinajstić information content (AvgIpc) is 2.25. The summed E-state index contributed by atoms with van der Waals surface area (Å²) >= 11 is 0. The molecule has 0 aliphatic rings. The van der Waals surface area contributed by atoms with Gasteiger partial charge < -0.3 is 5.11 Å². The molecule has 1 rings (SSSR count). The van der Waals surface area contributed by atoms with Crippen molar-refractivity contribution in [3.8, 4) is 0 Å². The maximum Gasteiger partial charge on any atom is 0.304 e. The number of rotatable bonds is 6. The van der Waals surface area contributed by atoms with Crippen LogP contribution in [0.2, 0.25) is 0 Å². The molecule has 0 aliphatic carbocycles. The van der Waals surface area contributed by atoms with Crippen LogP contribution in [0.1, 0.15) is 26.0 Å². The highest BCUT2D eigenvalue weighted by Crippen LogP contribution is 2.06. The molecule has 5 nitrogen and oxygen atoms in total. The Morgan fingerprint density at radius 1 is 1.56 bits per heavy atom. The third kappa shape index (κ3) is 4.35. The molecule has 0 aliphatic heterocycles. The van der Waals surface area contributed by atoms with Gasteiger partial charge in [0.15, 0.2) is 0 Å². The highest BCUT2D eigenvalue weighted by Gasteiger charge is 2.12. The first kappa shape index (κ1) is 12.6. The van der Waals surface area contributed by atoms with E-state index >= 15 is 0 Å². The second-order valence-corrected chi connectivity index (χ2v) is 3.91. The molecule has 0 radical (unpaired) electrons. The highest BCUT2D eigenvalue weighted by atomic mass is 16.4. The Kier molecular flexibility index (Phi) is 4.85. The molecule has 1 aromatic heterocycles. The largest absolute Gasteiger partial charge is 0.481 e. The Bertz CT molecular complexity index is 327. The maximum atomic E-state index is 10.5. The molecule has 0 amide bonds. The van der Waals surface area contributed by atoms with Crippen molar-refractivity contribution in [1.82, 2.24) is 14.9 Å². The third-order valence-electron chi connectivity index (χ3n) is 2.35. The van der Waals surface area contributed by atoms with Gasteiger partial charge in [0.25, 0.3) is 0 Å². The van der Waals surface area contributed by atoms with Crippen molar-refractivity contribution in [3.63, 3.8) is 0 Å². The summed E-state index contributed by atoms with van der Waals surface area (Å²) in [7, 11) is 0. The van der Waals surface area contributed by atoms with Crippen molar-refractivity contribution >= 4 is 5.97 Å². The quantitative estimate of drug-likeness (QED) is 0.784. The van der Waals surface area contributed by atoms with E-state index < -0.39 is 5.97 Å². The average molecular weight is 223 g/mol. The maximum absolute atomic E-state index is 10.5. The van der Waals surface area contributed by atoms with Crippen LogP contribution in [0.4, 0.5) is 0 Å². The minimum Gasteiger partial charge on any atom is -0.481 e. The molecule has 1 N–H and O–H groups in total. The van der Waals surface area contributed by atoms with Crippen LogP contribution in [-0.2, 0) is 11.3 Å². The Balaban J connectivity index is 2.54. The lowest BCUT2D eigenvalue weighted by atomic mass is 10.2. The van der Waals surface area contributed by atoms with E-state index in [1.54, 1.807) is 6.20 Å². The zero-order valence-electron chi connectivity index (χ0n) is 9.63. The standard InChI is InChI=1S/C11H17N3O2/c1-9(2)14(6-4-11(15)16)7-10-3-5-12-8-13-10/h3,5,8-9H,4,6-7H2,1-2H3,(H,15,16). The van der Waals surface area contributed by atoms with E-state index in [-0.39, 0.29) is 6.42 Å². The number of nitrogens with zero attached hydrogens (tertiary/aromatic N) is 3. The lowest BCUT2D eigenvalue weighted by Crippen LogP contribution is -2.32. The summed E-state index contributed by atoms with van der Waals surface area (Å²) in [6.07, 6.45) is 3.35. The fourth-order valence-corrected chi connectivity index (χ4v) is 1.38. The number of carbonyl (C=O) groups is 1. The van der Waals surface area contributed by atoms with E-state index in [0.29, 0.717) is 19.1 Å². The molecule has 0 spiro atoms.